The summed E-state index contributed by atoms with van der Waals surface area (Å²) in [7, 11) is 0. The quantitative estimate of drug-likeness (QED) is 0.870. The Morgan fingerprint density at radius 3 is 2.78 bits per heavy atom. The van der Waals surface area contributed by atoms with Crippen LogP contribution in [0, 0.1) is 0 Å². The first-order valence-corrected chi connectivity index (χ1v) is 8.18. The van der Waals surface area contributed by atoms with Gasteiger partial charge in [-0.3, -0.25) is 4.79 Å². The zero-order chi connectivity index (χ0) is 16.1. The molecule has 1 saturated carbocycles. The third-order valence-corrected chi connectivity index (χ3v) is 4.12. The second-order valence-corrected chi connectivity index (χ2v) is 5.81. The largest absolute Gasteiger partial charge is 0.490 e. The number of nitrogens with one attached hydrogen (secondary N) is 1. The van der Waals surface area contributed by atoms with Gasteiger partial charge >= 0.3 is 0 Å². The first-order valence-electron chi connectivity index (χ1n) is 8.18. The molecule has 1 aliphatic heterocycles. The summed E-state index contributed by atoms with van der Waals surface area (Å²) in [6, 6.07) is 5.87. The van der Waals surface area contributed by atoms with E-state index in [0.717, 1.165) is 42.9 Å². The minimum atomic E-state index is -0.0352. The first-order chi connectivity index (χ1) is 11.2. The van der Waals surface area contributed by atoms with Gasteiger partial charge < -0.3 is 24.3 Å². The van der Waals surface area contributed by atoms with Gasteiger partial charge in [-0.2, -0.15) is 0 Å². The van der Waals surface area contributed by atoms with Crippen LogP contribution in [-0.4, -0.2) is 38.1 Å². The molecule has 1 N–H and O–H groups in total. The summed E-state index contributed by atoms with van der Waals surface area (Å²) in [6.07, 6.45) is 3.87. The van der Waals surface area contributed by atoms with Crippen molar-refractivity contribution in [1.82, 2.24) is 5.32 Å². The normalized spacial score (nSPS) is 22.7. The van der Waals surface area contributed by atoms with Crippen molar-refractivity contribution in [3.63, 3.8) is 0 Å². The molecule has 1 aromatic rings. The molecule has 0 atom stereocenters. The third kappa shape index (κ3) is 4.28. The molecule has 0 spiro atoms. The van der Waals surface area contributed by atoms with E-state index in [9.17, 15) is 4.79 Å². The Hall–Kier alpha value is -1.95. The molecule has 126 valence electrons. The molecule has 1 fully saturated rings. The van der Waals surface area contributed by atoms with Crippen LogP contribution < -0.4 is 19.5 Å². The summed E-state index contributed by atoms with van der Waals surface area (Å²) < 4.78 is 21.8. The van der Waals surface area contributed by atoms with E-state index < -0.39 is 0 Å². The Morgan fingerprint density at radius 1 is 1.22 bits per heavy atom. The number of hydrogen-bond donors (Lipinski definition) is 1. The van der Waals surface area contributed by atoms with E-state index in [-0.39, 0.29) is 31.5 Å². The Bertz CT molecular complexity index is 540. The van der Waals surface area contributed by atoms with Gasteiger partial charge in [0, 0.05) is 18.7 Å². The predicted octanol–water partition coefficient (Wildman–Crippen LogP) is 2.26. The van der Waals surface area contributed by atoms with E-state index in [0.29, 0.717) is 6.61 Å². The van der Waals surface area contributed by atoms with Crippen LogP contribution >= 0.6 is 0 Å². The van der Waals surface area contributed by atoms with Gasteiger partial charge in [0.15, 0.2) is 11.5 Å². The zero-order valence-electron chi connectivity index (χ0n) is 13.4. The maximum atomic E-state index is 11.7. The summed E-state index contributed by atoms with van der Waals surface area (Å²) >= 11 is 0. The van der Waals surface area contributed by atoms with Gasteiger partial charge in [0.25, 0.3) is 0 Å². The molecule has 1 aromatic carbocycles. The van der Waals surface area contributed by atoms with Crippen molar-refractivity contribution in [3.05, 3.63) is 18.2 Å². The molecule has 0 unspecified atom stereocenters. The SMILES string of the molecule is CCOCC(=O)NC1CCC(Oc2ccc3c(c2)OCO3)CC1. The van der Waals surface area contributed by atoms with Gasteiger partial charge in [0.2, 0.25) is 12.7 Å². The number of carbonyl (C=O) groups excluding carboxylic acids is 1. The van der Waals surface area contributed by atoms with Gasteiger partial charge in [0.05, 0.1) is 6.10 Å². The second-order valence-electron chi connectivity index (χ2n) is 5.81. The summed E-state index contributed by atoms with van der Waals surface area (Å²) in [5.41, 5.74) is 0. The molecule has 1 amide bonds. The minimum absolute atomic E-state index is 0.0352. The highest BCUT2D eigenvalue weighted by atomic mass is 16.7. The number of carbonyl (C=O) groups is 1. The molecule has 1 aliphatic carbocycles. The summed E-state index contributed by atoms with van der Waals surface area (Å²) in [4.78, 5) is 11.7. The van der Waals surface area contributed by atoms with E-state index >= 15 is 0 Å². The number of amides is 1. The fraction of sp³-hybridized carbons (Fsp3) is 0.588. The molecular weight excluding hydrogens is 298 g/mol. The van der Waals surface area contributed by atoms with Crippen molar-refractivity contribution in [1.29, 1.82) is 0 Å². The summed E-state index contributed by atoms with van der Waals surface area (Å²) in [5.74, 6) is 2.27. The van der Waals surface area contributed by atoms with E-state index in [1.165, 1.54) is 0 Å². The lowest BCUT2D eigenvalue weighted by Crippen LogP contribution is -2.41. The molecule has 0 radical (unpaired) electrons. The molecule has 6 heteroatoms. The molecule has 6 nitrogen and oxygen atoms in total. The van der Waals surface area contributed by atoms with Crippen LogP contribution in [0.3, 0.4) is 0 Å². The van der Waals surface area contributed by atoms with Crippen LogP contribution in [0.1, 0.15) is 32.6 Å². The highest BCUT2D eigenvalue weighted by molar-refractivity contribution is 5.77. The van der Waals surface area contributed by atoms with Gasteiger partial charge in [-0.1, -0.05) is 0 Å². The average Bonchev–Trinajstić information content (AvgIpc) is 3.02. The van der Waals surface area contributed by atoms with Gasteiger partial charge in [-0.25, -0.2) is 0 Å². The topological polar surface area (TPSA) is 66.0 Å². The minimum Gasteiger partial charge on any atom is -0.490 e. The number of benzene rings is 1. The van der Waals surface area contributed by atoms with Gasteiger partial charge in [0.1, 0.15) is 12.4 Å². The maximum absolute atomic E-state index is 11.7. The van der Waals surface area contributed by atoms with Crippen LogP contribution in [0.25, 0.3) is 0 Å². The highest BCUT2D eigenvalue weighted by Crippen LogP contribution is 2.36. The summed E-state index contributed by atoms with van der Waals surface area (Å²) in [6.45, 7) is 2.85. The molecular formula is C17H23NO5. The van der Waals surface area contributed by atoms with Crippen molar-refractivity contribution < 1.29 is 23.7 Å². The van der Waals surface area contributed by atoms with E-state index in [1.54, 1.807) is 0 Å². The monoisotopic (exact) mass is 321 g/mol. The Balaban J connectivity index is 1.43. The smallest absolute Gasteiger partial charge is 0.246 e. The average molecular weight is 321 g/mol. The van der Waals surface area contributed by atoms with Gasteiger partial charge in [-0.15, -0.1) is 0 Å². The third-order valence-electron chi connectivity index (χ3n) is 4.12. The fourth-order valence-electron chi connectivity index (χ4n) is 2.93. The number of rotatable bonds is 6. The van der Waals surface area contributed by atoms with Crippen LogP contribution in [0.15, 0.2) is 18.2 Å². The molecule has 0 aromatic heterocycles. The van der Waals surface area contributed by atoms with Crippen molar-refractivity contribution in [2.24, 2.45) is 0 Å². The van der Waals surface area contributed by atoms with Crippen molar-refractivity contribution in [3.8, 4) is 17.2 Å². The lowest BCUT2D eigenvalue weighted by atomic mass is 9.93. The lowest BCUT2D eigenvalue weighted by molar-refractivity contribution is -0.126. The second kappa shape index (κ2) is 7.55. The maximum Gasteiger partial charge on any atom is 0.246 e. The molecule has 0 bridgehead atoms. The number of hydrogen-bond acceptors (Lipinski definition) is 5. The molecule has 2 aliphatic rings. The molecule has 0 saturated heterocycles. The van der Waals surface area contributed by atoms with Crippen molar-refractivity contribution in [2.75, 3.05) is 20.0 Å². The molecule has 23 heavy (non-hydrogen) atoms. The highest BCUT2D eigenvalue weighted by Gasteiger charge is 2.24. The van der Waals surface area contributed by atoms with Crippen molar-refractivity contribution >= 4 is 5.91 Å². The van der Waals surface area contributed by atoms with E-state index in [4.69, 9.17) is 18.9 Å². The molecule has 3 rings (SSSR count). The Morgan fingerprint density at radius 2 is 2.00 bits per heavy atom. The fourth-order valence-corrected chi connectivity index (χ4v) is 2.93. The lowest BCUT2D eigenvalue weighted by Gasteiger charge is -2.29. The Kier molecular flexibility index (Phi) is 5.23. The zero-order valence-corrected chi connectivity index (χ0v) is 13.4. The Labute approximate surface area is 136 Å². The molecule has 1 heterocycles. The van der Waals surface area contributed by atoms with Crippen LogP contribution in [0.4, 0.5) is 0 Å². The van der Waals surface area contributed by atoms with E-state index in [1.807, 2.05) is 25.1 Å². The number of ether oxygens (including phenoxy) is 4. The number of fused-ring (bicyclic) bond motifs is 1. The standard InChI is InChI=1S/C17H23NO5/c1-2-20-10-17(19)18-12-3-5-13(6-4-12)23-14-7-8-15-16(9-14)22-11-21-15/h7-9,12-13H,2-6,10-11H2,1H3,(H,18,19). The predicted molar refractivity (Wildman–Crippen MR) is 83.9 cm³/mol. The van der Waals surface area contributed by atoms with Crippen LogP contribution in [0.2, 0.25) is 0 Å². The van der Waals surface area contributed by atoms with E-state index in [2.05, 4.69) is 5.32 Å². The van der Waals surface area contributed by atoms with Crippen LogP contribution in [0.5, 0.6) is 17.2 Å². The van der Waals surface area contributed by atoms with Crippen molar-refractivity contribution in [2.45, 2.75) is 44.8 Å². The van der Waals surface area contributed by atoms with Crippen LogP contribution in [-0.2, 0) is 9.53 Å². The first kappa shape index (κ1) is 15.9. The van der Waals surface area contributed by atoms with Gasteiger partial charge in [-0.05, 0) is 44.7 Å². The summed E-state index contributed by atoms with van der Waals surface area (Å²) in [5, 5.41) is 3.02.